The Kier molecular flexibility index (Phi) is 5.17. The minimum atomic E-state index is -0.484. The Morgan fingerprint density at radius 2 is 2.00 bits per heavy atom. The van der Waals surface area contributed by atoms with Crippen LogP contribution in [0, 0.1) is 10.1 Å². The molecule has 1 aromatic heterocycles. The zero-order valence-corrected chi connectivity index (χ0v) is 13.3. The highest BCUT2D eigenvalue weighted by molar-refractivity contribution is 5.31. The van der Waals surface area contributed by atoms with Crippen LogP contribution in [0.3, 0.4) is 0 Å². The van der Waals surface area contributed by atoms with Crippen LogP contribution in [0.1, 0.15) is 38.5 Å². The molecule has 0 spiro atoms. The van der Waals surface area contributed by atoms with Crippen LogP contribution in [0.4, 0.5) is 11.6 Å². The van der Waals surface area contributed by atoms with Gasteiger partial charge in [-0.3, -0.25) is 15.0 Å². The number of piperidine rings is 1. The largest absolute Gasteiger partial charge is 0.351 e. The molecular formula is C16H23N5O2. The van der Waals surface area contributed by atoms with E-state index in [-0.39, 0.29) is 5.69 Å². The van der Waals surface area contributed by atoms with Crippen LogP contribution in [0.15, 0.2) is 24.0 Å². The molecule has 2 heterocycles. The van der Waals surface area contributed by atoms with Gasteiger partial charge in [0.2, 0.25) is 5.95 Å². The molecule has 124 valence electrons. The van der Waals surface area contributed by atoms with Gasteiger partial charge in [0.05, 0.1) is 4.92 Å². The maximum Gasteiger partial charge on any atom is 0.305 e. The quantitative estimate of drug-likeness (QED) is 0.511. The molecule has 1 aliphatic carbocycles. The molecule has 1 saturated heterocycles. The Morgan fingerprint density at radius 1 is 1.26 bits per heavy atom. The molecule has 7 heteroatoms. The maximum absolute atomic E-state index is 10.6. The fraction of sp³-hybridized carbons (Fsp3) is 0.625. The van der Waals surface area contributed by atoms with Crippen LogP contribution < -0.4 is 5.32 Å². The molecule has 7 nitrogen and oxygen atoms in total. The highest BCUT2D eigenvalue weighted by Crippen LogP contribution is 2.21. The number of nitro groups is 1. The standard InChI is InChI=1S/C16H23N5O2/c22-21(23)15-10-17-16(18-11-15)19-14-6-8-20(9-7-14)12-13-4-2-1-3-5-13/h4,10-11,14H,1-3,5-9,12H2,(H,17,18,19). The van der Waals surface area contributed by atoms with Crippen molar-refractivity contribution in [3.8, 4) is 0 Å². The molecule has 3 rings (SSSR count). The van der Waals surface area contributed by atoms with Gasteiger partial charge in [0.25, 0.3) is 0 Å². The van der Waals surface area contributed by atoms with E-state index in [2.05, 4.69) is 26.3 Å². The second kappa shape index (κ2) is 7.50. The predicted molar refractivity (Wildman–Crippen MR) is 88.3 cm³/mol. The van der Waals surface area contributed by atoms with E-state index in [1.807, 2.05) is 0 Å². The summed E-state index contributed by atoms with van der Waals surface area (Å²) in [7, 11) is 0. The molecular weight excluding hydrogens is 294 g/mol. The SMILES string of the molecule is O=[N+]([O-])c1cnc(NC2CCN(CC3=CCCCC3)CC2)nc1. The van der Waals surface area contributed by atoms with Crippen molar-refractivity contribution in [2.24, 2.45) is 0 Å². The molecule has 0 unspecified atom stereocenters. The Hall–Kier alpha value is -2.02. The lowest BCUT2D eigenvalue weighted by Gasteiger charge is -2.33. The first-order chi connectivity index (χ1) is 11.2. The van der Waals surface area contributed by atoms with Gasteiger partial charge >= 0.3 is 5.69 Å². The lowest BCUT2D eigenvalue weighted by atomic mass is 9.98. The number of rotatable bonds is 5. The third-order valence-corrected chi connectivity index (χ3v) is 4.58. The summed E-state index contributed by atoms with van der Waals surface area (Å²) in [4.78, 5) is 20.7. The maximum atomic E-state index is 10.6. The minimum Gasteiger partial charge on any atom is -0.351 e. The fourth-order valence-corrected chi connectivity index (χ4v) is 3.24. The third-order valence-electron chi connectivity index (χ3n) is 4.58. The van der Waals surface area contributed by atoms with Crippen molar-refractivity contribution in [3.63, 3.8) is 0 Å². The highest BCUT2D eigenvalue weighted by atomic mass is 16.6. The molecule has 0 atom stereocenters. The van der Waals surface area contributed by atoms with E-state index in [0.29, 0.717) is 12.0 Å². The minimum absolute atomic E-state index is 0.0777. The van der Waals surface area contributed by atoms with Gasteiger partial charge in [0.15, 0.2) is 0 Å². The number of hydrogen-bond donors (Lipinski definition) is 1. The van der Waals surface area contributed by atoms with Crippen LogP contribution >= 0.6 is 0 Å². The highest BCUT2D eigenvalue weighted by Gasteiger charge is 2.21. The monoisotopic (exact) mass is 317 g/mol. The molecule has 0 aromatic carbocycles. The second-order valence-electron chi connectivity index (χ2n) is 6.32. The van der Waals surface area contributed by atoms with Crippen molar-refractivity contribution in [1.82, 2.24) is 14.9 Å². The molecule has 0 amide bonds. The Bertz CT molecular complexity index is 564. The van der Waals surface area contributed by atoms with Crippen molar-refractivity contribution >= 4 is 11.6 Å². The third kappa shape index (κ3) is 4.48. The Balaban J connectivity index is 1.45. The van der Waals surface area contributed by atoms with Gasteiger partial charge in [-0.25, -0.2) is 9.97 Å². The van der Waals surface area contributed by atoms with E-state index in [9.17, 15) is 10.1 Å². The Morgan fingerprint density at radius 3 is 2.61 bits per heavy atom. The number of likely N-dealkylation sites (tertiary alicyclic amines) is 1. The lowest BCUT2D eigenvalue weighted by Crippen LogP contribution is -2.40. The summed E-state index contributed by atoms with van der Waals surface area (Å²) in [5.74, 6) is 0.476. The first-order valence-corrected chi connectivity index (χ1v) is 8.34. The summed E-state index contributed by atoms with van der Waals surface area (Å²) in [5.41, 5.74) is 1.52. The number of aromatic nitrogens is 2. The van der Waals surface area contributed by atoms with Gasteiger partial charge in [-0.15, -0.1) is 0 Å². The molecule has 23 heavy (non-hydrogen) atoms. The van der Waals surface area contributed by atoms with Gasteiger partial charge in [0, 0.05) is 25.7 Å². The van der Waals surface area contributed by atoms with Crippen LogP contribution in [-0.2, 0) is 0 Å². The molecule has 0 bridgehead atoms. The van der Waals surface area contributed by atoms with Crippen molar-refractivity contribution < 1.29 is 4.92 Å². The molecule has 1 N–H and O–H groups in total. The fourth-order valence-electron chi connectivity index (χ4n) is 3.24. The first kappa shape index (κ1) is 15.9. The number of allylic oxidation sites excluding steroid dienone is 1. The average molecular weight is 317 g/mol. The van der Waals surface area contributed by atoms with Crippen molar-refractivity contribution in [2.75, 3.05) is 25.0 Å². The summed E-state index contributed by atoms with van der Waals surface area (Å²) < 4.78 is 0. The lowest BCUT2D eigenvalue weighted by molar-refractivity contribution is -0.385. The van der Waals surface area contributed by atoms with Crippen LogP contribution in [0.25, 0.3) is 0 Å². The van der Waals surface area contributed by atoms with Crippen molar-refractivity contribution in [1.29, 1.82) is 0 Å². The van der Waals surface area contributed by atoms with Gasteiger partial charge in [-0.05, 0) is 38.5 Å². The Labute approximate surface area is 136 Å². The van der Waals surface area contributed by atoms with E-state index in [0.717, 1.165) is 32.5 Å². The van der Waals surface area contributed by atoms with Gasteiger partial charge in [-0.2, -0.15) is 0 Å². The summed E-state index contributed by atoms with van der Waals surface area (Å²) >= 11 is 0. The topological polar surface area (TPSA) is 84.2 Å². The molecule has 2 aliphatic rings. The van der Waals surface area contributed by atoms with Crippen LogP contribution in [0.5, 0.6) is 0 Å². The number of nitrogens with zero attached hydrogens (tertiary/aromatic N) is 4. The van der Waals surface area contributed by atoms with E-state index < -0.39 is 4.92 Å². The summed E-state index contributed by atoms with van der Waals surface area (Å²) in [6, 6.07) is 0.341. The number of hydrogen-bond acceptors (Lipinski definition) is 6. The summed E-state index contributed by atoms with van der Waals surface area (Å²) in [6.45, 7) is 3.25. The number of anilines is 1. The smallest absolute Gasteiger partial charge is 0.305 e. The predicted octanol–water partition coefficient (Wildman–Crippen LogP) is 2.76. The van der Waals surface area contributed by atoms with E-state index in [1.165, 1.54) is 38.1 Å². The second-order valence-corrected chi connectivity index (χ2v) is 6.32. The van der Waals surface area contributed by atoms with E-state index >= 15 is 0 Å². The van der Waals surface area contributed by atoms with Crippen LogP contribution in [-0.4, -0.2) is 45.5 Å². The zero-order chi connectivity index (χ0) is 16.1. The molecule has 1 aliphatic heterocycles. The molecule has 1 fully saturated rings. The summed E-state index contributed by atoms with van der Waals surface area (Å²) in [6.07, 6.45) is 12.2. The van der Waals surface area contributed by atoms with Crippen LogP contribution in [0.2, 0.25) is 0 Å². The van der Waals surface area contributed by atoms with E-state index in [4.69, 9.17) is 0 Å². The van der Waals surface area contributed by atoms with Gasteiger partial charge in [-0.1, -0.05) is 11.6 Å². The van der Waals surface area contributed by atoms with Gasteiger partial charge < -0.3 is 5.32 Å². The molecule has 0 saturated carbocycles. The van der Waals surface area contributed by atoms with Crippen molar-refractivity contribution in [3.05, 3.63) is 34.2 Å². The average Bonchev–Trinajstić information content (AvgIpc) is 2.58. The summed E-state index contributed by atoms with van der Waals surface area (Å²) in [5, 5.41) is 13.9. The number of nitrogens with one attached hydrogen (secondary N) is 1. The molecule has 0 radical (unpaired) electrons. The normalized spacial score (nSPS) is 20.1. The molecule has 1 aromatic rings. The van der Waals surface area contributed by atoms with Gasteiger partial charge in [0.1, 0.15) is 12.4 Å². The van der Waals surface area contributed by atoms with E-state index in [1.54, 1.807) is 5.57 Å². The first-order valence-electron chi connectivity index (χ1n) is 8.34. The van der Waals surface area contributed by atoms with Crippen molar-refractivity contribution in [2.45, 2.75) is 44.6 Å². The zero-order valence-electron chi connectivity index (χ0n) is 13.3.